The van der Waals surface area contributed by atoms with Crippen LogP contribution in [0.25, 0.3) is 5.57 Å². The highest BCUT2D eigenvalue weighted by atomic mass is 14.5. The van der Waals surface area contributed by atoms with Crippen molar-refractivity contribution in [2.45, 2.75) is 0 Å². The van der Waals surface area contributed by atoms with Crippen LogP contribution >= 0.6 is 0 Å². The zero-order valence-corrected chi connectivity index (χ0v) is 8.43. The van der Waals surface area contributed by atoms with Crippen LogP contribution in [-0.4, -0.2) is 0 Å². The van der Waals surface area contributed by atoms with Gasteiger partial charge in [-0.15, -0.1) is 0 Å². The van der Waals surface area contributed by atoms with E-state index in [2.05, 4.69) is 24.3 Å². The lowest BCUT2D eigenvalue weighted by atomic mass is 9.99. The molecule has 2 aromatic carbocycles. The molecule has 0 unspecified atom stereocenters. The van der Waals surface area contributed by atoms with Crippen LogP contribution in [0.4, 0.5) is 0 Å². The first-order chi connectivity index (χ1) is 7.42. The molecular formula is C14H13N. The molecule has 0 aliphatic heterocycles. The maximum absolute atomic E-state index is 5.67. The van der Waals surface area contributed by atoms with E-state index in [0.29, 0.717) is 0 Å². The summed E-state index contributed by atoms with van der Waals surface area (Å²) >= 11 is 0. The van der Waals surface area contributed by atoms with Gasteiger partial charge in [-0.2, -0.15) is 0 Å². The zero-order chi connectivity index (χ0) is 10.5. The third-order valence-electron chi connectivity index (χ3n) is 2.34. The van der Waals surface area contributed by atoms with E-state index in [0.717, 1.165) is 16.7 Å². The first-order valence-corrected chi connectivity index (χ1v) is 4.94. The Morgan fingerprint density at radius 1 is 0.733 bits per heavy atom. The van der Waals surface area contributed by atoms with Crippen molar-refractivity contribution < 1.29 is 0 Å². The van der Waals surface area contributed by atoms with Gasteiger partial charge >= 0.3 is 0 Å². The van der Waals surface area contributed by atoms with Gasteiger partial charge in [0.1, 0.15) is 0 Å². The smallest absolute Gasteiger partial charge is 0.00436 e. The Kier molecular flexibility index (Phi) is 2.84. The highest BCUT2D eigenvalue weighted by Crippen LogP contribution is 2.21. The van der Waals surface area contributed by atoms with E-state index < -0.39 is 0 Å². The normalized spacial score (nSPS) is 9.60. The molecule has 0 heterocycles. The minimum absolute atomic E-state index is 1.07. The van der Waals surface area contributed by atoms with Gasteiger partial charge in [-0.05, 0) is 11.1 Å². The maximum Gasteiger partial charge on any atom is 0.00436 e. The van der Waals surface area contributed by atoms with E-state index in [-0.39, 0.29) is 0 Å². The average Bonchev–Trinajstić information content (AvgIpc) is 2.33. The first-order valence-electron chi connectivity index (χ1n) is 4.94. The van der Waals surface area contributed by atoms with E-state index in [1.165, 1.54) is 0 Å². The van der Waals surface area contributed by atoms with E-state index >= 15 is 0 Å². The molecule has 0 saturated carbocycles. The molecule has 15 heavy (non-hydrogen) atoms. The first kappa shape index (κ1) is 9.53. The molecule has 0 aliphatic rings. The molecule has 2 aromatic rings. The van der Waals surface area contributed by atoms with E-state index in [1.807, 2.05) is 36.4 Å². The van der Waals surface area contributed by atoms with Gasteiger partial charge in [0, 0.05) is 11.8 Å². The number of hydrogen-bond acceptors (Lipinski definition) is 1. The minimum atomic E-state index is 1.07. The van der Waals surface area contributed by atoms with Crippen molar-refractivity contribution in [3.63, 3.8) is 0 Å². The summed E-state index contributed by atoms with van der Waals surface area (Å²) in [7, 11) is 0. The molecule has 2 N–H and O–H groups in total. The molecule has 0 aromatic heterocycles. The van der Waals surface area contributed by atoms with Crippen LogP contribution in [0.1, 0.15) is 11.1 Å². The van der Waals surface area contributed by atoms with Crippen LogP contribution in [0.3, 0.4) is 0 Å². The maximum atomic E-state index is 5.67. The van der Waals surface area contributed by atoms with E-state index in [1.54, 1.807) is 6.20 Å². The number of nitrogens with two attached hydrogens (primary N) is 1. The molecule has 0 saturated heterocycles. The van der Waals surface area contributed by atoms with Gasteiger partial charge in [-0.25, -0.2) is 0 Å². The van der Waals surface area contributed by atoms with Crippen LogP contribution in [-0.2, 0) is 0 Å². The fraction of sp³-hybridized carbons (Fsp3) is 0. The standard InChI is InChI=1S/C14H13N/c15-11-14(12-7-3-1-4-8-12)13-9-5-2-6-10-13/h1-11H,15H2. The Labute approximate surface area is 89.9 Å². The van der Waals surface area contributed by atoms with Crippen molar-refractivity contribution in [2.24, 2.45) is 5.73 Å². The molecule has 0 spiro atoms. The molecule has 0 aliphatic carbocycles. The zero-order valence-electron chi connectivity index (χ0n) is 8.43. The molecule has 1 nitrogen and oxygen atoms in total. The second-order valence-electron chi connectivity index (χ2n) is 3.31. The average molecular weight is 195 g/mol. The lowest BCUT2D eigenvalue weighted by Crippen LogP contribution is -1.91. The molecule has 0 amide bonds. The summed E-state index contributed by atoms with van der Waals surface area (Å²) in [6.45, 7) is 0. The van der Waals surface area contributed by atoms with Crippen LogP contribution < -0.4 is 5.73 Å². The Morgan fingerprint density at radius 2 is 1.13 bits per heavy atom. The molecule has 1 heteroatoms. The highest BCUT2D eigenvalue weighted by molar-refractivity contribution is 5.79. The molecular weight excluding hydrogens is 182 g/mol. The fourth-order valence-electron chi connectivity index (χ4n) is 1.59. The second-order valence-corrected chi connectivity index (χ2v) is 3.31. The van der Waals surface area contributed by atoms with E-state index in [4.69, 9.17) is 5.73 Å². The van der Waals surface area contributed by atoms with Crippen LogP contribution in [0.15, 0.2) is 66.9 Å². The van der Waals surface area contributed by atoms with Gasteiger partial charge in [0.15, 0.2) is 0 Å². The van der Waals surface area contributed by atoms with Crippen molar-refractivity contribution in [3.8, 4) is 0 Å². The summed E-state index contributed by atoms with van der Waals surface area (Å²) in [5, 5.41) is 0. The van der Waals surface area contributed by atoms with Gasteiger partial charge in [-0.1, -0.05) is 60.7 Å². The summed E-state index contributed by atoms with van der Waals surface area (Å²) < 4.78 is 0. The quantitative estimate of drug-likeness (QED) is 0.783. The molecule has 0 atom stereocenters. The molecule has 74 valence electrons. The molecule has 0 fully saturated rings. The van der Waals surface area contributed by atoms with Crippen molar-refractivity contribution in [1.82, 2.24) is 0 Å². The summed E-state index contributed by atoms with van der Waals surface area (Å²) in [5.74, 6) is 0. The Morgan fingerprint density at radius 3 is 1.47 bits per heavy atom. The van der Waals surface area contributed by atoms with Crippen molar-refractivity contribution in [2.75, 3.05) is 0 Å². The summed E-state index contributed by atoms with van der Waals surface area (Å²) in [6.07, 6.45) is 1.66. The van der Waals surface area contributed by atoms with Gasteiger partial charge in [0.25, 0.3) is 0 Å². The van der Waals surface area contributed by atoms with Gasteiger partial charge in [-0.3, -0.25) is 0 Å². The topological polar surface area (TPSA) is 26.0 Å². The number of benzene rings is 2. The Bertz CT molecular complexity index is 402. The lowest BCUT2D eigenvalue weighted by molar-refractivity contribution is 1.50. The largest absolute Gasteiger partial charge is 0.404 e. The fourth-order valence-corrected chi connectivity index (χ4v) is 1.59. The SMILES string of the molecule is NC=C(c1ccccc1)c1ccccc1. The minimum Gasteiger partial charge on any atom is -0.404 e. The predicted molar refractivity (Wildman–Crippen MR) is 64.2 cm³/mol. The monoisotopic (exact) mass is 195 g/mol. The predicted octanol–water partition coefficient (Wildman–Crippen LogP) is 3.03. The highest BCUT2D eigenvalue weighted by Gasteiger charge is 2.01. The van der Waals surface area contributed by atoms with Crippen molar-refractivity contribution in [1.29, 1.82) is 0 Å². The summed E-state index contributed by atoms with van der Waals surface area (Å²) in [4.78, 5) is 0. The van der Waals surface area contributed by atoms with Crippen molar-refractivity contribution >= 4 is 5.57 Å². The Balaban J connectivity index is 2.44. The third-order valence-corrected chi connectivity index (χ3v) is 2.34. The van der Waals surface area contributed by atoms with E-state index in [9.17, 15) is 0 Å². The third kappa shape index (κ3) is 2.08. The second kappa shape index (κ2) is 4.47. The molecule has 2 rings (SSSR count). The molecule has 0 bridgehead atoms. The van der Waals surface area contributed by atoms with Gasteiger partial charge in [0.2, 0.25) is 0 Å². The summed E-state index contributed by atoms with van der Waals surface area (Å²) in [6, 6.07) is 20.3. The van der Waals surface area contributed by atoms with Crippen LogP contribution in [0.2, 0.25) is 0 Å². The number of rotatable bonds is 2. The van der Waals surface area contributed by atoms with Crippen LogP contribution in [0, 0.1) is 0 Å². The number of hydrogen-bond donors (Lipinski definition) is 1. The Hall–Kier alpha value is -2.02. The van der Waals surface area contributed by atoms with Gasteiger partial charge < -0.3 is 5.73 Å². The van der Waals surface area contributed by atoms with Crippen molar-refractivity contribution in [3.05, 3.63) is 78.0 Å². The van der Waals surface area contributed by atoms with Gasteiger partial charge in [0.05, 0.1) is 0 Å². The lowest BCUT2D eigenvalue weighted by Gasteiger charge is -2.06. The molecule has 0 radical (unpaired) electrons. The summed E-state index contributed by atoms with van der Waals surface area (Å²) in [5.41, 5.74) is 9.03. The van der Waals surface area contributed by atoms with Crippen LogP contribution in [0.5, 0.6) is 0 Å².